The van der Waals surface area contributed by atoms with E-state index in [0.29, 0.717) is 40.8 Å². The molecule has 0 aliphatic rings. The molecular weight excluding hydrogens is 483 g/mol. The smallest absolute Gasteiger partial charge is 0.416 e. The van der Waals surface area contributed by atoms with Gasteiger partial charge in [-0.15, -0.1) is 0 Å². The van der Waals surface area contributed by atoms with Gasteiger partial charge in [0.25, 0.3) is 0 Å². The Morgan fingerprint density at radius 2 is 1.94 bits per heavy atom. The fourth-order valence-corrected chi connectivity index (χ4v) is 4.73. The number of aromatic amines is 1. The Morgan fingerprint density at radius 3 is 2.60 bits per heavy atom. The molecule has 3 rings (SSSR count). The van der Waals surface area contributed by atoms with Gasteiger partial charge in [0.05, 0.1) is 31.1 Å². The van der Waals surface area contributed by atoms with Crippen molar-refractivity contribution in [1.29, 1.82) is 0 Å². The van der Waals surface area contributed by atoms with Crippen LogP contribution in [-0.4, -0.2) is 47.6 Å². The SMILES string of the molecule is COc1cc[n+](-c2nc3ccc(C(F)(F)F)cc3[nH]2)c(CSCC(C)(C)OCCOC(C)=O)c1C. The van der Waals surface area contributed by atoms with E-state index in [1.165, 1.54) is 13.0 Å². The maximum absolute atomic E-state index is 13.1. The highest BCUT2D eigenvalue weighted by atomic mass is 32.2. The Kier molecular flexibility index (Phi) is 8.32. The number of pyridine rings is 1. The summed E-state index contributed by atoms with van der Waals surface area (Å²) in [4.78, 5) is 18.4. The summed E-state index contributed by atoms with van der Waals surface area (Å²) in [6.07, 6.45) is -2.65. The van der Waals surface area contributed by atoms with Crippen LogP contribution in [0.3, 0.4) is 0 Å². The van der Waals surface area contributed by atoms with E-state index in [1.54, 1.807) is 31.1 Å². The summed E-state index contributed by atoms with van der Waals surface area (Å²) in [5, 5.41) is 0. The van der Waals surface area contributed by atoms with Gasteiger partial charge in [0, 0.05) is 30.1 Å². The highest BCUT2D eigenvalue weighted by molar-refractivity contribution is 7.98. The van der Waals surface area contributed by atoms with Crippen LogP contribution >= 0.6 is 11.8 Å². The number of rotatable bonds is 10. The van der Waals surface area contributed by atoms with Crippen LogP contribution in [-0.2, 0) is 26.2 Å². The zero-order valence-electron chi connectivity index (χ0n) is 20.3. The maximum atomic E-state index is 13.1. The number of hydrogen-bond acceptors (Lipinski definition) is 6. The number of imidazole rings is 1. The zero-order chi connectivity index (χ0) is 25.8. The molecule has 0 aliphatic heterocycles. The first-order valence-electron chi connectivity index (χ1n) is 10.9. The van der Waals surface area contributed by atoms with Crippen LogP contribution in [0.4, 0.5) is 13.2 Å². The summed E-state index contributed by atoms with van der Waals surface area (Å²) >= 11 is 1.63. The number of H-pyrrole nitrogens is 1. The molecule has 0 aliphatic carbocycles. The summed E-state index contributed by atoms with van der Waals surface area (Å²) in [7, 11) is 1.59. The number of hydrogen-bond donors (Lipinski definition) is 1. The van der Waals surface area contributed by atoms with Gasteiger partial charge in [0.2, 0.25) is 0 Å². The molecule has 0 fully saturated rings. The first-order valence-corrected chi connectivity index (χ1v) is 12.1. The number of carbonyl (C=O) groups excluding carboxylic acids is 1. The lowest BCUT2D eigenvalue weighted by Crippen LogP contribution is -2.38. The number of esters is 1. The Balaban J connectivity index is 1.82. The minimum absolute atomic E-state index is 0.195. The fraction of sp³-hybridized carbons (Fsp3) is 0.458. The Morgan fingerprint density at radius 1 is 1.20 bits per heavy atom. The average Bonchev–Trinajstić information content (AvgIpc) is 3.20. The standard InChI is InChI=1S/C24H29F3N3O4S/c1-15-20(13-35-14-23(3,4)34-11-10-33-16(2)31)30(9-8-21(15)32-5)22-28-18-7-6-17(24(25,26)27)12-19(18)29-22/h6-9,12H,10-11,13-14H2,1-5H3,(H,28,29)/q+1. The van der Waals surface area contributed by atoms with Gasteiger partial charge in [0.15, 0.2) is 5.52 Å². The maximum Gasteiger partial charge on any atom is 0.416 e. The normalized spacial score (nSPS) is 12.2. The van der Waals surface area contributed by atoms with Crippen molar-refractivity contribution in [3.63, 3.8) is 0 Å². The molecule has 0 unspecified atom stereocenters. The van der Waals surface area contributed by atoms with Gasteiger partial charge in [-0.2, -0.15) is 24.9 Å². The molecule has 2 aromatic heterocycles. The quantitative estimate of drug-likeness (QED) is 0.240. The van der Waals surface area contributed by atoms with E-state index in [2.05, 4.69) is 9.97 Å². The van der Waals surface area contributed by atoms with E-state index in [9.17, 15) is 18.0 Å². The number of fused-ring (bicyclic) bond motifs is 1. The molecule has 35 heavy (non-hydrogen) atoms. The van der Waals surface area contributed by atoms with Gasteiger partial charge in [0.1, 0.15) is 23.6 Å². The number of benzene rings is 1. The molecule has 190 valence electrons. The fourth-order valence-electron chi connectivity index (χ4n) is 3.50. The van der Waals surface area contributed by atoms with Crippen LogP contribution in [0.2, 0.25) is 0 Å². The van der Waals surface area contributed by atoms with Crippen molar-refractivity contribution in [1.82, 2.24) is 9.97 Å². The lowest BCUT2D eigenvalue weighted by molar-refractivity contribution is -0.610. The molecule has 7 nitrogen and oxygen atoms in total. The minimum Gasteiger partial charge on any atom is -0.496 e. The third kappa shape index (κ3) is 6.88. The summed E-state index contributed by atoms with van der Waals surface area (Å²) < 4.78 is 57.4. The van der Waals surface area contributed by atoms with Crippen molar-refractivity contribution >= 4 is 28.8 Å². The number of halogens is 3. The van der Waals surface area contributed by atoms with Crippen LogP contribution in [0.5, 0.6) is 5.75 Å². The summed E-state index contributed by atoms with van der Waals surface area (Å²) in [5.74, 6) is 1.99. The molecular formula is C24H29F3N3O4S+. The van der Waals surface area contributed by atoms with Crippen molar-refractivity contribution in [3.8, 4) is 11.7 Å². The predicted octanol–water partition coefficient (Wildman–Crippen LogP) is 4.77. The number of thioether (sulfide) groups is 1. The van der Waals surface area contributed by atoms with E-state index < -0.39 is 17.3 Å². The van der Waals surface area contributed by atoms with E-state index in [-0.39, 0.29) is 12.6 Å². The number of carbonyl (C=O) groups is 1. The van der Waals surface area contributed by atoms with Crippen molar-refractivity contribution in [2.24, 2.45) is 0 Å². The molecule has 0 saturated heterocycles. The second-order valence-electron chi connectivity index (χ2n) is 8.56. The van der Waals surface area contributed by atoms with Gasteiger partial charge < -0.3 is 14.2 Å². The molecule has 0 radical (unpaired) electrons. The van der Waals surface area contributed by atoms with Crippen LogP contribution in [0.15, 0.2) is 30.5 Å². The molecule has 0 spiro atoms. The van der Waals surface area contributed by atoms with Crippen molar-refractivity contribution in [2.45, 2.75) is 45.2 Å². The second-order valence-corrected chi connectivity index (χ2v) is 9.54. The van der Waals surface area contributed by atoms with Crippen LogP contribution in [0, 0.1) is 6.92 Å². The number of alkyl halides is 3. The topological polar surface area (TPSA) is 77.3 Å². The van der Waals surface area contributed by atoms with Gasteiger partial charge in [-0.3, -0.25) is 4.79 Å². The molecule has 3 aromatic rings. The van der Waals surface area contributed by atoms with Crippen LogP contribution in [0.1, 0.15) is 37.6 Å². The van der Waals surface area contributed by atoms with Crippen molar-refractivity contribution in [3.05, 3.63) is 47.3 Å². The largest absolute Gasteiger partial charge is 0.496 e. The summed E-state index contributed by atoms with van der Waals surface area (Å²) in [6, 6.07) is 5.24. The number of ether oxygens (including phenoxy) is 3. The number of nitrogens with one attached hydrogen (secondary N) is 1. The van der Waals surface area contributed by atoms with Crippen LogP contribution < -0.4 is 9.30 Å². The molecule has 0 amide bonds. The van der Waals surface area contributed by atoms with Crippen LogP contribution in [0.25, 0.3) is 17.0 Å². The first kappa shape index (κ1) is 26.8. The predicted molar refractivity (Wildman–Crippen MR) is 127 cm³/mol. The number of nitrogens with zero attached hydrogens (tertiary/aromatic N) is 2. The molecule has 2 heterocycles. The highest BCUT2D eigenvalue weighted by Crippen LogP contribution is 2.31. The molecule has 11 heteroatoms. The van der Waals surface area contributed by atoms with Gasteiger partial charge in [-0.05, 0) is 39.0 Å². The molecule has 0 saturated carbocycles. The lowest BCUT2D eigenvalue weighted by Gasteiger charge is -2.25. The summed E-state index contributed by atoms with van der Waals surface area (Å²) in [6.45, 7) is 7.68. The van der Waals surface area contributed by atoms with Gasteiger partial charge in [-0.1, -0.05) is 4.98 Å². The molecule has 0 atom stereocenters. The number of aromatic nitrogens is 3. The lowest BCUT2D eigenvalue weighted by atomic mass is 10.2. The highest BCUT2D eigenvalue weighted by Gasteiger charge is 2.32. The van der Waals surface area contributed by atoms with E-state index in [0.717, 1.165) is 23.4 Å². The third-order valence-corrected chi connectivity index (χ3v) is 6.66. The third-order valence-electron chi connectivity index (χ3n) is 5.28. The second kappa shape index (κ2) is 10.9. The Labute approximate surface area is 206 Å². The Hall–Kier alpha value is -2.79. The zero-order valence-corrected chi connectivity index (χ0v) is 21.1. The Bertz CT molecular complexity index is 1190. The first-order chi connectivity index (χ1) is 16.4. The van der Waals surface area contributed by atoms with Gasteiger partial charge in [-0.25, -0.2) is 9.55 Å². The van der Waals surface area contributed by atoms with E-state index in [4.69, 9.17) is 14.2 Å². The van der Waals surface area contributed by atoms with Crippen molar-refractivity contribution in [2.75, 3.05) is 26.1 Å². The number of methoxy groups -OCH3 is 1. The molecule has 1 aromatic carbocycles. The minimum atomic E-state index is -4.43. The molecule has 1 N–H and O–H groups in total. The monoisotopic (exact) mass is 512 g/mol. The van der Waals surface area contributed by atoms with E-state index >= 15 is 0 Å². The van der Waals surface area contributed by atoms with E-state index in [1.807, 2.05) is 25.3 Å². The molecule has 0 bridgehead atoms. The average molecular weight is 513 g/mol. The van der Waals surface area contributed by atoms with Crippen molar-refractivity contribution < 1.29 is 36.7 Å². The van der Waals surface area contributed by atoms with Gasteiger partial charge >= 0.3 is 18.1 Å². The summed E-state index contributed by atoms with van der Waals surface area (Å²) in [5.41, 5.74) is 1.33.